The summed E-state index contributed by atoms with van der Waals surface area (Å²) in [6.45, 7) is 4.76. The van der Waals surface area contributed by atoms with Crippen molar-refractivity contribution >= 4 is 5.91 Å². The molecule has 2 aliphatic heterocycles. The zero-order valence-electron chi connectivity index (χ0n) is 13.8. The summed E-state index contributed by atoms with van der Waals surface area (Å²) >= 11 is 0. The second kappa shape index (κ2) is 6.83. The summed E-state index contributed by atoms with van der Waals surface area (Å²) in [4.78, 5) is 20.2. The molecule has 6 nitrogen and oxygen atoms in total. The third kappa shape index (κ3) is 3.39. The lowest BCUT2D eigenvalue weighted by molar-refractivity contribution is -0.170. The standard InChI is InChI=1S/C18H23N3O3/c22-18(21-7-3-9-24-21)10-15-11-19(14-17-5-2-8-23-17)13-16-4-1-6-20(16)12-15/h1-2,4-6,8,15H,3,7,9-14H2. The van der Waals surface area contributed by atoms with Crippen molar-refractivity contribution in [1.82, 2.24) is 14.5 Å². The molecule has 0 bridgehead atoms. The second-order valence-electron chi connectivity index (χ2n) is 6.65. The van der Waals surface area contributed by atoms with Crippen molar-refractivity contribution in [3.8, 4) is 0 Å². The maximum absolute atomic E-state index is 12.5. The Morgan fingerprint density at radius 1 is 1.25 bits per heavy atom. The number of rotatable bonds is 4. The summed E-state index contributed by atoms with van der Waals surface area (Å²) in [5.74, 6) is 1.33. The van der Waals surface area contributed by atoms with Gasteiger partial charge in [-0.15, -0.1) is 0 Å². The van der Waals surface area contributed by atoms with Crippen molar-refractivity contribution in [2.75, 3.05) is 19.7 Å². The number of nitrogens with zero attached hydrogens (tertiary/aromatic N) is 3. The number of hydrogen-bond donors (Lipinski definition) is 0. The van der Waals surface area contributed by atoms with Gasteiger partial charge >= 0.3 is 0 Å². The van der Waals surface area contributed by atoms with Gasteiger partial charge in [-0.3, -0.25) is 14.5 Å². The first kappa shape index (κ1) is 15.5. The topological polar surface area (TPSA) is 50.9 Å². The Kier molecular flexibility index (Phi) is 4.40. The van der Waals surface area contributed by atoms with Crippen LogP contribution in [0.5, 0.6) is 0 Å². The summed E-state index contributed by atoms with van der Waals surface area (Å²) in [6, 6.07) is 8.15. The molecule has 1 saturated heterocycles. The lowest BCUT2D eigenvalue weighted by atomic mass is 10.0. The Bertz CT molecular complexity index is 674. The van der Waals surface area contributed by atoms with E-state index in [-0.39, 0.29) is 11.8 Å². The van der Waals surface area contributed by atoms with E-state index in [2.05, 4.69) is 27.8 Å². The molecule has 24 heavy (non-hydrogen) atoms. The van der Waals surface area contributed by atoms with Crippen LogP contribution < -0.4 is 0 Å². The number of aromatic nitrogens is 1. The molecule has 0 aromatic carbocycles. The molecule has 0 N–H and O–H groups in total. The summed E-state index contributed by atoms with van der Waals surface area (Å²) in [5, 5.41) is 1.54. The third-order valence-corrected chi connectivity index (χ3v) is 4.73. The third-order valence-electron chi connectivity index (χ3n) is 4.73. The van der Waals surface area contributed by atoms with Gasteiger partial charge in [-0.1, -0.05) is 0 Å². The predicted octanol–water partition coefficient (Wildman–Crippen LogP) is 2.27. The van der Waals surface area contributed by atoms with E-state index in [1.165, 1.54) is 5.69 Å². The van der Waals surface area contributed by atoms with Crippen LogP contribution in [-0.2, 0) is 29.3 Å². The molecule has 1 unspecified atom stereocenters. The molecule has 4 rings (SSSR count). The summed E-state index contributed by atoms with van der Waals surface area (Å²) < 4.78 is 7.77. The van der Waals surface area contributed by atoms with Crippen LogP contribution in [0.2, 0.25) is 0 Å². The van der Waals surface area contributed by atoms with E-state index in [0.29, 0.717) is 13.0 Å². The van der Waals surface area contributed by atoms with E-state index in [0.717, 1.165) is 44.9 Å². The molecular formula is C18H23N3O3. The van der Waals surface area contributed by atoms with Gasteiger partial charge in [0.2, 0.25) is 5.91 Å². The van der Waals surface area contributed by atoms with Gasteiger partial charge < -0.3 is 8.98 Å². The van der Waals surface area contributed by atoms with Crippen molar-refractivity contribution in [2.24, 2.45) is 5.92 Å². The van der Waals surface area contributed by atoms with Crippen LogP contribution >= 0.6 is 0 Å². The van der Waals surface area contributed by atoms with Gasteiger partial charge in [0.15, 0.2) is 0 Å². The van der Waals surface area contributed by atoms with Crippen LogP contribution in [0, 0.1) is 5.92 Å². The highest BCUT2D eigenvalue weighted by Crippen LogP contribution is 2.22. The fraction of sp³-hybridized carbons (Fsp3) is 0.500. The molecule has 2 aromatic rings. The van der Waals surface area contributed by atoms with E-state index < -0.39 is 0 Å². The second-order valence-corrected chi connectivity index (χ2v) is 6.65. The van der Waals surface area contributed by atoms with Crippen molar-refractivity contribution in [1.29, 1.82) is 0 Å². The first-order valence-electron chi connectivity index (χ1n) is 8.60. The quantitative estimate of drug-likeness (QED) is 0.863. The van der Waals surface area contributed by atoms with Crippen molar-refractivity contribution in [2.45, 2.75) is 32.5 Å². The number of hydroxylamine groups is 2. The molecule has 6 heteroatoms. The van der Waals surface area contributed by atoms with E-state index in [1.807, 2.05) is 12.1 Å². The molecule has 1 amide bonds. The van der Waals surface area contributed by atoms with Crippen LogP contribution in [-0.4, -0.2) is 40.1 Å². The SMILES string of the molecule is O=C(CC1CN(Cc2ccco2)Cc2cccn2C1)N1CCCO1. The number of furan rings is 1. The predicted molar refractivity (Wildman–Crippen MR) is 87.6 cm³/mol. The maximum atomic E-state index is 12.5. The molecule has 0 saturated carbocycles. The maximum Gasteiger partial charge on any atom is 0.246 e. The minimum absolute atomic E-state index is 0.103. The summed E-state index contributed by atoms with van der Waals surface area (Å²) in [6.07, 6.45) is 5.27. The Morgan fingerprint density at radius 3 is 3.00 bits per heavy atom. The van der Waals surface area contributed by atoms with E-state index in [9.17, 15) is 4.79 Å². The number of amides is 1. The smallest absolute Gasteiger partial charge is 0.246 e. The number of carbonyl (C=O) groups excluding carboxylic acids is 1. The monoisotopic (exact) mass is 329 g/mol. The Morgan fingerprint density at radius 2 is 2.21 bits per heavy atom. The van der Waals surface area contributed by atoms with Crippen molar-refractivity contribution < 1.29 is 14.0 Å². The number of carbonyl (C=O) groups is 1. The zero-order chi connectivity index (χ0) is 16.4. The Hall–Kier alpha value is -2.05. The van der Waals surface area contributed by atoms with Gasteiger partial charge in [0.25, 0.3) is 0 Å². The van der Waals surface area contributed by atoms with E-state index >= 15 is 0 Å². The Labute approximate surface area is 141 Å². The van der Waals surface area contributed by atoms with Crippen molar-refractivity contribution in [3.05, 3.63) is 48.2 Å². The van der Waals surface area contributed by atoms with E-state index in [1.54, 1.807) is 11.3 Å². The van der Waals surface area contributed by atoms with Crippen molar-refractivity contribution in [3.63, 3.8) is 0 Å². The molecule has 0 radical (unpaired) electrons. The normalized spacial score (nSPS) is 21.7. The molecule has 128 valence electrons. The molecule has 2 aliphatic rings. The summed E-state index contributed by atoms with van der Waals surface area (Å²) in [5.41, 5.74) is 1.29. The van der Waals surface area contributed by atoms with Crippen LogP contribution in [0.25, 0.3) is 0 Å². The Balaban J connectivity index is 1.47. The lowest BCUT2D eigenvalue weighted by Gasteiger charge is -2.24. The van der Waals surface area contributed by atoms with Gasteiger partial charge in [0.1, 0.15) is 5.76 Å². The molecule has 2 aromatic heterocycles. The molecule has 0 spiro atoms. The molecule has 4 heterocycles. The summed E-state index contributed by atoms with van der Waals surface area (Å²) in [7, 11) is 0. The fourth-order valence-corrected chi connectivity index (χ4v) is 3.63. The van der Waals surface area contributed by atoms with Gasteiger partial charge in [0.05, 0.1) is 26.0 Å². The molecule has 0 aliphatic carbocycles. The minimum Gasteiger partial charge on any atom is -0.468 e. The van der Waals surface area contributed by atoms with Crippen LogP contribution in [0.1, 0.15) is 24.3 Å². The first-order chi connectivity index (χ1) is 11.8. The average Bonchev–Trinajstić information content (AvgIpc) is 3.29. The lowest BCUT2D eigenvalue weighted by Crippen LogP contribution is -2.33. The number of hydrogen-bond acceptors (Lipinski definition) is 4. The largest absolute Gasteiger partial charge is 0.468 e. The number of fused-ring (bicyclic) bond motifs is 1. The van der Waals surface area contributed by atoms with Gasteiger partial charge in [-0.2, -0.15) is 0 Å². The molecule has 1 atom stereocenters. The first-order valence-corrected chi connectivity index (χ1v) is 8.60. The van der Waals surface area contributed by atoms with Gasteiger partial charge in [-0.25, -0.2) is 5.06 Å². The van der Waals surface area contributed by atoms with Crippen LogP contribution in [0.15, 0.2) is 41.1 Å². The fourth-order valence-electron chi connectivity index (χ4n) is 3.63. The highest BCUT2D eigenvalue weighted by Gasteiger charge is 2.27. The van der Waals surface area contributed by atoms with Crippen LogP contribution in [0.4, 0.5) is 0 Å². The zero-order valence-corrected chi connectivity index (χ0v) is 13.8. The highest BCUT2D eigenvalue weighted by molar-refractivity contribution is 5.75. The molecule has 1 fully saturated rings. The average molecular weight is 329 g/mol. The van der Waals surface area contributed by atoms with E-state index in [4.69, 9.17) is 9.25 Å². The van der Waals surface area contributed by atoms with Crippen LogP contribution in [0.3, 0.4) is 0 Å². The highest BCUT2D eigenvalue weighted by atomic mass is 16.7. The minimum atomic E-state index is 0.103. The van der Waals surface area contributed by atoms with Gasteiger partial charge in [-0.05, 0) is 36.6 Å². The molecular weight excluding hydrogens is 306 g/mol. The van der Waals surface area contributed by atoms with Gasteiger partial charge in [0, 0.05) is 37.9 Å².